The fraction of sp³-hybridized carbons (Fsp3) is 0.485. The van der Waals surface area contributed by atoms with Gasteiger partial charge in [0, 0.05) is 37.3 Å². The van der Waals surface area contributed by atoms with Gasteiger partial charge in [-0.25, -0.2) is 24.1 Å². The summed E-state index contributed by atoms with van der Waals surface area (Å²) in [6.45, 7) is 14.4. The molecule has 2 fully saturated rings. The topological polar surface area (TPSA) is 91.8 Å². The van der Waals surface area contributed by atoms with Crippen LogP contribution in [-0.2, 0) is 10.2 Å². The lowest BCUT2D eigenvalue weighted by atomic mass is 9.54. The number of carbonyl (C=O) groups is 2. The van der Waals surface area contributed by atoms with E-state index in [9.17, 15) is 14.0 Å². The Morgan fingerprint density at radius 1 is 1.02 bits per heavy atom. The summed E-state index contributed by atoms with van der Waals surface area (Å²) in [5.41, 5.74) is 3.01. The first-order valence-corrected chi connectivity index (χ1v) is 15.3. The Bertz CT molecular complexity index is 1660. The highest BCUT2D eigenvalue weighted by Gasteiger charge is 2.57. The van der Waals surface area contributed by atoms with Crippen molar-refractivity contribution in [2.45, 2.75) is 65.3 Å². The highest BCUT2D eigenvalue weighted by atomic mass is 35.5. The maximum Gasteiger partial charge on any atom is 0.339 e. The molecule has 232 valence electrons. The normalized spacial score (nSPS) is 19.5. The third kappa shape index (κ3) is 4.97. The van der Waals surface area contributed by atoms with Crippen LogP contribution in [0.1, 0.15) is 78.3 Å². The van der Waals surface area contributed by atoms with Gasteiger partial charge in [0.1, 0.15) is 17.3 Å². The van der Waals surface area contributed by atoms with Crippen LogP contribution in [0, 0.1) is 25.1 Å². The molecule has 3 aromatic rings. The summed E-state index contributed by atoms with van der Waals surface area (Å²) in [6.07, 6.45) is 3.35. The van der Waals surface area contributed by atoms with Gasteiger partial charge in [-0.05, 0) is 75.8 Å². The molecule has 0 radical (unpaired) electrons. The van der Waals surface area contributed by atoms with E-state index in [2.05, 4.69) is 18.7 Å². The van der Waals surface area contributed by atoms with E-state index in [0.717, 1.165) is 29.9 Å². The molecule has 0 N–H and O–H groups in total. The molecule has 0 bridgehead atoms. The molecule has 9 nitrogen and oxygen atoms in total. The minimum Gasteiger partial charge on any atom is -0.465 e. The minimum absolute atomic E-state index is 0.0710. The Morgan fingerprint density at radius 3 is 2.36 bits per heavy atom. The Hall–Kier alpha value is -3.79. The van der Waals surface area contributed by atoms with Crippen molar-refractivity contribution < 1.29 is 18.7 Å². The van der Waals surface area contributed by atoms with E-state index in [0.29, 0.717) is 54.6 Å². The number of piperazine rings is 1. The van der Waals surface area contributed by atoms with Crippen LogP contribution in [0.3, 0.4) is 0 Å². The van der Waals surface area contributed by atoms with Crippen LogP contribution in [0.15, 0.2) is 30.5 Å². The number of anilines is 3. The van der Waals surface area contributed by atoms with Crippen LogP contribution >= 0.6 is 11.6 Å². The van der Waals surface area contributed by atoms with Gasteiger partial charge in [-0.1, -0.05) is 25.4 Å². The molecule has 4 heterocycles. The average molecular weight is 621 g/mol. The highest BCUT2D eigenvalue weighted by Crippen LogP contribution is 2.60. The number of nitrogens with zero attached hydrogens (tertiary/aromatic N) is 6. The quantitative estimate of drug-likeness (QED) is 0.327. The minimum atomic E-state index is -0.538. The molecule has 1 amide bonds. The zero-order valence-electron chi connectivity index (χ0n) is 26.3. The third-order valence-corrected chi connectivity index (χ3v) is 9.59. The molecule has 0 atom stereocenters. The number of halogens is 2. The Labute approximate surface area is 262 Å². The number of rotatable bonds is 4. The van der Waals surface area contributed by atoms with Gasteiger partial charge in [0.2, 0.25) is 0 Å². The van der Waals surface area contributed by atoms with Crippen LogP contribution in [-0.4, -0.2) is 70.6 Å². The Balaban J connectivity index is 1.27. The summed E-state index contributed by atoms with van der Waals surface area (Å²) in [6, 6.07) is 6.68. The molecule has 1 aliphatic carbocycles. The predicted octanol–water partition coefficient (Wildman–Crippen LogP) is 6.02. The number of ether oxygens (including phenoxy) is 1. The van der Waals surface area contributed by atoms with Crippen molar-refractivity contribution in [1.29, 1.82) is 0 Å². The number of benzene rings is 1. The second-order valence-corrected chi connectivity index (χ2v) is 14.3. The lowest BCUT2D eigenvalue weighted by Crippen LogP contribution is -2.61. The van der Waals surface area contributed by atoms with E-state index in [1.165, 1.54) is 13.2 Å². The number of aryl methyl sites for hydroxylation is 2. The van der Waals surface area contributed by atoms with Crippen LogP contribution < -0.4 is 9.80 Å². The molecule has 1 spiro atoms. The number of hydrogen-bond acceptors (Lipinski definition) is 8. The van der Waals surface area contributed by atoms with E-state index >= 15 is 0 Å². The SMILES string of the molecule is COC(=O)c1c(C)cc(N2CCN(C(=O)c3cnc4c(n3)C3(CN4c4ccc(Cl)c(F)c4)CC(C)(C)C3)C(C)(C)C2)nc1C. The number of esters is 1. The molecule has 1 saturated carbocycles. The van der Waals surface area contributed by atoms with Crippen molar-refractivity contribution in [2.75, 3.05) is 43.1 Å². The highest BCUT2D eigenvalue weighted by molar-refractivity contribution is 6.30. The van der Waals surface area contributed by atoms with Crippen molar-refractivity contribution in [3.8, 4) is 0 Å². The molecule has 0 unspecified atom stereocenters. The lowest BCUT2D eigenvalue weighted by molar-refractivity contribution is 0.0500. The summed E-state index contributed by atoms with van der Waals surface area (Å²) in [4.78, 5) is 46.8. The van der Waals surface area contributed by atoms with E-state index in [-0.39, 0.29) is 21.8 Å². The van der Waals surface area contributed by atoms with Gasteiger partial charge in [-0.2, -0.15) is 0 Å². The maximum atomic E-state index is 14.4. The average Bonchev–Trinajstić information content (AvgIpc) is 3.26. The fourth-order valence-electron chi connectivity index (χ4n) is 7.67. The van der Waals surface area contributed by atoms with Gasteiger partial charge in [-0.15, -0.1) is 0 Å². The molecule has 2 aliphatic heterocycles. The first-order valence-electron chi connectivity index (χ1n) is 14.9. The first kappa shape index (κ1) is 30.2. The van der Waals surface area contributed by atoms with Crippen LogP contribution in [0.5, 0.6) is 0 Å². The third-order valence-electron chi connectivity index (χ3n) is 9.28. The molecule has 6 rings (SSSR count). The van der Waals surface area contributed by atoms with E-state index in [1.54, 1.807) is 25.3 Å². The van der Waals surface area contributed by atoms with Crippen LogP contribution in [0.25, 0.3) is 0 Å². The van der Waals surface area contributed by atoms with Gasteiger partial charge in [0.15, 0.2) is 5.82 Å². The predicted molar refractivity (Wildman–Crippen MR) is 168 cm³/mol. The zero-order valence-corrected chi connectivity index (χ0v) is 27.0. The van der Waals surface area contributed by atoms with Crippen LogP contribution in [0.2, 0.25) is 5.02 Å². The second kappa shape index (κ2) is 10.4. The van der Waals surface area contributed by atoms with Crippen LogP contribution in [0.4, 0.5) is 21.7 Å². The summed E-state index contributed by atoms with van der Waals surface area (Å²) >= 11 is 5.97. The zero-order chi connectivity index (χ0) is 31.8. The molecular weight excluding hydrogens is 583 g/mol. The molecule has 2 aromatic heterocycles. The van der Waals surface area contributed by atoms with Crippen molar-refractivity contribution in [1.82, 2.24) is 19.9 Å². The molecule has 44 heavy (non-hydrogen) atoms. The van der Waals surface area contributed by atoms with Gasteiger partial charge in [0.25, 0.3) is 5.91 Å². The summed E-state index contributed by atoms with van der Waals surface area (Å²) < 4.78 is 19.4. The second-order valence-electron chi connectivity index (χ2n) is 13.9. The first-order chi connectivity index (χ1) is 20.6. The summed E-state index contributed by atoms with van der Waals surface area (Å²) in [7, 11) is 1.36. The summed E-state index contributed by atoms with van der Waals surface area (Å²) in [5.74, 6) is 0.368. The molecule has 1 aromatic carbocycles. The number of aromatic nitrogens is 3. The Morgan fingerprint density at radius 2 is 1.75 bits per heavy atom. The largest absolute Gasteiger partial charge is 0.465 e. The fourth-order valence-corrected chi connectivity index (χ4v) is 7.78. The van der Waals surface area contributed by atoms with E-state index < -0.39 is 17.3 Å². The maximum absolute atomic E-state index is 14.4. The van der Waals surface area contributed by atoms with Crippen molar-refractivity contribution >= 4 is 40.8 Å². The molecule has 11 heteroatoms. The van der Waals surface area contributed by atoms with E-state index in [4.69, 9.17) is 31.3 Å². The van der Waals surface area contributed by atoms with Gasteiger partial charge in [-0.3, -0.25) is 4.79 Å². The number of fused-ring (bicyclic) bond motifs is 2. The lowest BCUT2D eigenvalue weighted by Gasteiger charge is -2.51. The number of carbonyl (C=O) groups excluding carboxylic acids is 2. The van der Waals surface area contributed by atoms with E-state index in [1.807, 2.05) is 36.6 Å². The Kier molecular flexibility index (Phi) is 7.15. The van der Waals surface area contributed by atoms with Gasteiger partial charge < -0.3 is 19.4 Å². The monoisotopic (exact) mass is 620 g/mol. The van der Waals surface area contributed by atoms with Gasteiger partial charge >= 0.3 is 5.97 Å². The number of pyridine rings is 1. The number of amides is 1. The molecule has 1 saturated heterocycles. The van der Waals surface area contributed by atoms with Gasteiger partial charge in [0.05, 0.1) is 40.8 Å². The smallest absolute Gasteiger partial charge is 0.339 e. The number of hydrogen-bond donors (Lipinski definition) is 0. The summed E-state index contributed by atoms with van der Waals surface area (Å²) in [5, 5.41) is 0.0710. The molecular formula is C33H38ClFN6O3. The molecule has 3 aliphatic rings. The van der Waals surface area contributed by atoms with Crippen molar-refractivity contribution in [2.24, 2.45) is 5.41 Å². The van der Waals surface area contributed by atoms with Crippen molar-refractivity contribution in [3.05, 3.63) is 69.5 Å². The standard InChI is InChI=1S/C33H38ClFN6O3/c1-19-12-25(37-20(2)26(19)30(43)44-7)39-10-11-41(32(5,6)17-39)29(42)24-14-36-28-27(38-24)33(15-31(3,4)16-33)18-40(28)21-8-9-22(34)23(35)13-21/h8-9,12-14H,10-11,15-18H2,1-7H3. The number of methoxy groups -OCH3 is 1. The van der Waals surface area contributed by atoms with Crippen molar-refractivity contribution in [3.63, 3.8) is 0 Å².